The molecule has 0 aromatic heterocycles. The van der Waals surface area contributed by atoms with E-state index in [1.54, 1.807) is 30.5 Å². The van der Waals surface area contributed by atoms with Crippen LogP contribution < -0.4 is 10.5 Å². The average molecular weight is 209 g/mol. The van der Waals surface area contributed by atoms with E-state index in [0.29, 0.717) is 11.4 Å². The molecule has 0 bridgehead atoms. The van der Waals surface area contributed by atoms with Gasteiger partial charge in [-0.05, 0) is 23.6 Å². The van der Waals surface area contributed by atoms with Crippen molar-refractivity contribution < 1.29 is 4.21 Å². The van der Waals surface area contributed by atoms with Crippen LogP contribution in [0, 0.1) is 11.5 Å². The Hall–Kier alpha value is -1.51. The van der Waals surface area contributed by atoms with E-state index in [2.05, 4.69) is 10.6 Å². The third-order valence-corrected chi connectivity index (χ3v) is 3.20. The first-order chi connectivity index (χ1) is 6.60. The Morgan fingerprint density at radius 3 is 2.50 bits per heavy atom. The molecular formula is C9H11N3OS. The molecule has 1 aromatic carbocycles. The van der Waals surface area contributed by atoms with Crippen LogP contribution in [0.25, 0.3) is 0 Å². The molecule has 4 nitrogen and oxygen atoms in total. The molecule has 5 heteroatoms. The third kappa shape index (κ3) is 2.25. The van der Waals surface area contributed by atoms with Crippen LogP contribution in [-0.2, 0) is 16.3 Å². The fourth-order valence-corrected chi connectivity index (χ4v) is 1.82. The maximum atomic E-state index is 11.7. The van der Waals surface area contributed by atoms with Gasteiger partial charge in [-0.1, -0.05) is 12.1 Å². The minimum absolute atomic E-state index is 0.435. The summed E-state index contributed by atoms with van der Waals surface area (Å²) in [5.41, 5.74) is 6.36. The van der Waals surface area contributed by atoms with Crippen molar-refractivity contribution in [2.75, 3.05) is 0 Å². The predicted molar refractivity (Wildman–Crippen MR) is 56.6 cm³/mol. The van der Waals surface area contributed by atoms with Gasteiger partial charge in [0.15, 0.2) is 6.19 Å². The molecule has 14 heavy (non-hydrogen) atoms. The zero-order valence-corrected chi connectivity index (χ0v) is 8.38. The lowest BCUT2D eigenvalue weighted by Crippen LogP contribution is -2.17. The molecule has 0 amide bonds. The quantitative estimate of drug-likeness (QED) is 0.424. The summed E-state index contributed by atoms with van der Waals surface area (Å²) in [6, 6.07) is 6.84. The van der Waals surface area contributed by atoms with E-state index in [1.807, 2.05) is 0 Å². The molecule has 1 aromatic rings. The van der Waals surface area contributed by atoms with Gasteiger partial charge in [0.25, 0.3) is 0 Å². The second-order valence-corrected chi connectivity index (χ2v) is 4.76. The predicted octanol–water partition coefficient (Wildman–Crippen LogP) is 0.206. The summed E-state index contributed by atoms with van der Waals surface area (Å²) in [5, 5.41) is 8.36. The Morgan fingerprint density at radius 1 is 1.50 bits per heavy atom. The summed E-state index contributed by atoms with van der Waals surface area (Å²) in [7, 11) is -2.69. The van der Waals surface area contributed by atoms with Gasteiger partial charge < -0.3 is 5.73 Å². The maximum absolute atomic E-state index is 11.7. The van der Waals surface area contributed by atoms with Crippen molar-refractivity contribution in [1.82, 2.24) is 4.72 Å². The second kappa shape index (κ2) is 4.13. The first kappa shape index (κ1) is 10.6. The van der Waals surface area contributed by atoms with E-state index >= 15 is 0 Å². The minimum Gasteiger partial charge on any atom is -0.326 e. The van der Waals surface area contributed by atoms with Crippen LogP contribution in [0.4, 0.5) is 0 Å². The molecule has 1 unspecified atom stereocenters. The summed E-state index contributed by atoms with van der Waals surface area (Å²) < 4.78 is 13.9. The van der Waals surface area contributed by atoms with Crippen molar-refractivity contribution in [3.63, 3.8) is 0 Å². The zero-order valence-electron chi connectivity index (χ0n) is 7.56. The maximum Gasteiger partial charge on any atom is 0.189 e. The van der Waals surface area contributed by atoms with Gasteiger partial charge in [0.05, 0.1) is 14.6 Å². The molecule has 0 saturated carbocycles. The lowest BCUT2D eigenvalue weighted by molar-refractivity contribution is 0.678. The lowest BCUT2D eigenvalue weighted by atomic mass is 10.2. The molecule has 0 aliphatic carbocycles. The fourth-order valence-electron chi connectivity index (χ4n) is 0.978. The van der Waals surface area contributed by atoms with E-state index in [0.717, 1.165) is 5.56 Å². The van der Waals surface area contributed by atoms with Gasteiger partial charge in [-0.15, -0.1) is 0 Å². The van der Waals surface area contributed by atoms with Crippen molar-refractivity contribution in [3.05, 3.63) is 29.8 Å². The van der Waals surface area contributed by atoms with Crippen LogP contribution in [0.15, 0.2) is 29.2 Å². The van der Waals surface area contributed by atoms with Gasteiger partial charge in [-0.2, -0.15) is 5.26 Å². The molecule has 0 fully saturated rings. The van der Waals surface area contributed by atoms with Gasteiger partial charge >= 0.3 is 0 Å². The molecule has 74 valence electrons. The molecule has 1 rings (SSSR count). The highest BCUT2D eigenvalue weighted by atomic mass is 32.2. The number of nitrogens with two attached hydrogens (primary N) is 1. The number of nitrogens with one attached hydrogen (secondary N) is 1. The highest BCUT2D eigenvalue weighted by Gasteiger charge is 2.04. The smallest absolute Gasteiger partial charge is 0.189 e. The standard InChI is InChI=1S/C9H11N3OS/c1-14(13,12-7-11)9-4-2-8(6-10)3-5-9/h2-5H,1,6,10H2,(H,12,13). The first-order valence-corrected chi connectivity index (χ1v) is 5.65. The van der Waals surface area contributed by atoms with Gasteiger partial charge in [0.2, 0.25) is 0 Å². The summed E-state index contributed by atoms with van der Waals surface area (Å²) in [4.78, 5) is 0.497. The highest BCUT2D eigenvalue weighted by molar-refractivity contribution is 7.98. The van der Waals surface area contributed by atoms with E-state index in [-0.39, 0.29) is 0 Å². The molecule has 0 spiro atoms. The van der Waals surface area contributed by atoms with Crippen LogP contribution in [0.2, 0.25) is 0 Å². The SMILES string of the molecule is C=S(=O)(NC#N)c1ccc(CN)cc1. The molecule has 0 radical (unpaired) electrons. The summed E-state index contributed by atoms with van der Waals surface area (Å²) >= 11 is 0. The van der Waals surface area contributed by atoms with Gasteiger partial charge in [-0.3, -0.25) is 0 Å². The van der Waals surface area contributed by atoms with Crippen LogP contribution in [0.1, 0.15) is 5.56 Å². The average Bonchev–Trinajstić information content (AvgIpc) is 2.18. The van der Waals surface area contributed by atoms with Crippen molar-refractivity contribution in [3.8, 4) is 6.19 Å². The van der Waals surface area contributed by atoms with Crippen molar-refractivity contribution in [1.29, 1.82) is 5.26 Å². The Kier molecular flexibility index (Phi) is 3.12. The Bertz CT molecular complexity index is 442. The fraction of sp³-hybridized carbons (Fsp3) is 0.111. The largest absolute Gasteiger partial charge is 0.326 e. The Morgan fingerprint density at radius 2 is 2.07 bits per heavy atom. The molecule has 0 saturated heterocycles. The summed E-state index contributed by atoms with van der Waals surface area (Å²) in [6.07, 6.45) is 1.62. The van der Waals surface area contributed by atoms with E-state index in [4.69, 9.17) is 11.0 Å². The van der Waals surface area contributed by atoms with Gasteiger partial charge in [0, 0.05) is 6.54 Å². The Labute approximate surface area is 83.5 Å². The van der Waals surface area contributed by atoms with Crippen LogP contribution >= 0.6 is 0 Å². The number of rotatable bonds is 3. The number of hydrogen-bond acceptors (Lipinski definition) is 3. The summed E-state index contributed by atoms with van der Waals surface area (Å²) in [6.45, 7) is 0.435. The highest BCUT2D eigenvalue weighted by Crippen LogP contribution is 2.09. The molecule has 0 aliphatic heterocycles. The van der Waals surface area contributed by atoms with E-state index in [9.17, 15) is 4.21 Å². The molecule has 0 aliphatic rings. The molecular weight excluding hydrogens is 198 g/mol. The zero-order chi connectivity index (χ0) is 10.6. The third-order valence-electron chi connectivity index (χ3n) is 1.75. The van der Waals surface area contributed by atoms with E-state index in [1.165, 1.54) is 0 Å². The normalized spacial score (nSPS) is 14.0. The minimum atomic E-state index is -2.69. The Balaban J connectivity index is 3.05. The summed E-state index contributed by atoms with van der Waals surface area (Å²) in [5.74, 6) is 3.45. The van der Waals surface area contributed by atoms with Crippen LogP contribution in [0.3, 0.4) is 0 Å². The van der Waals surface area contributed by atoms with Gasteiger partial charge in [0.1, 0.15) is 0 Å². The molecule has 1 atom stereocenters. The number of benzene rings is 1. The van der Waals surface area contributed by atoms with Crippen LogP contribution in [-0.4, -0.2) is 10.1 Å². The van der Waals surface area contributed by atoms with Crippen molar-refractivity contribution >= 4 is 15.6 Å². The monoisotopic (exact) mass is 209 g/mol. The van der Waals surface area contributed by atoms with Crippen LogP contribution in [0.5, 0.6) is 0 Å². The molecule has 3 N–H and O–H groups in total. The topological polar surface area (TPSA) is 78.9 Å². The number of nitrogens with zero attached hydrogens (tertiary/aromatic N) is 1. The number of hydrogen-bond donors (Lipinski definition) is 2. The van der Waals surface area contributed by atoms with E-state index < -0.39 is 9.71 Å². The number of nitriles is 1. The van der Waals surface area contributed by atoms with Crippen molar-refractivity contribution in [2.24, 2.45) is 5.73 Å². The first-order valence-electron chi connectivity index (χ1n) is 3.92. The molecule has 0 heterocycles. The lowest BCUT2D eigenvalue weighted by Gasteiger charge is -2.06. The second-order valence-electron chi connectivity index (χ2n) is 2.74. The van der Waals surface area contributed by atoms with Gasteiger partial charge in [-0.25, -0.2) is 8.93 Å². The van der Waals surface area contributed by atoms with Crippen molar-refractivity contribution in [2.45, 2.75) is 11.4 Å².